The number of hydrogen-bond acceptors (Lipinski definition) is 2. The molecule has 3 heteroatoms. The number of aliphatic hydroxyl groups excluding tert-OH is 1. The highest BCUT2D eigenvalue weighted by Gasteiger charge is 2.24. The Kier molecular flexibility index (Phi) is 2.11. The third kappa shape index (κ3) is 1.99. The Hall–Kier alpha value is 0.210. The smallest absolute Gasteiger partial charge is 0.0835 e. The number of epoxide rings is 1. The molecule has 0 aromatic carbocycles. The van der Waals surface area contributed by atoms with Crippen LogP contribution in [0.3, 0.4) is 0 Å². The first kappa shape index (κ1) is 6.33. The molecule has 8 heavy (non-hydrogen) atoms. The summed E-state index contributed by atoms with van der Waals surface area (Å²) in [4.78, 5) is 0. The minimum absolute atomic E-state index is 0.295. The molecule has 0 aliphatic carbocycles. The van der Waals surface area contributed by atoms with Crippen molar-refractivity contribution in [3.8, 4) is 0 Å². The van der Waals surface area contributed by atoms with Gasteiger partial charge in [0.2, 0.25) is 0 Å². The zero-order valence-electron chi connectivity index (χ0n) is 4.51. The molecule has 0 saturated carbocycles. The molecule has 1 fully saturated rings. The lowest BCUT2D eigenvalue weighted by molar-refractivity contribution is 0.173. The number of alkyl halides is 1. The first-order valence-electron chi connectivity index (χ1n) is 2.68. The van der Waals surface area contributed by atoms with Crippen LogP contribution in [-0.4, -0.2) is 29.8 Å². The van der Waals surface area contributed by atoms with E-state index < -0.39 is 0 Å². The van der Waals surface area contributed by atoms with E-state index in [9.17, 15) is 0 Å². The van der Waals surface area contributed by atoms with Crippen LogP contribution in [0.1, 0.15) is 6.42 Å². The predicted octanol–water partition coefficient (Wildman–Crippen LogP) is 0.375. The molecule has 0 aromatic heterocycles. The molecule has 1 N–H and O–H groups in total. The van der Waals surface area contributed by atoms with Crippen LogP contribution in [0.25, 0.3) is 0 Å². The number of ether oxygens (including phenoxy) is 1. The Morgan fingerprint density at radius 1 is 1.88 bits per heavy atom. The molecule has 0 bridgehead atoms. The van der Waals surface area contributed by atoms with Gasteiger partial charge in [0.25, 0.3) is 0 Å². The predicted molar refractivity (Wildman–Crippen MR) is 31.1 cm³/mol. The van der Waals surface area contributed by atoms with Crippen molar-refractivity contribution in [3.05, 3.63) is 0 Å². The summed E-state index contributed by atoms with van der Waals surface area (Å²) in [7, 11) is 0. The molecule has 0 amide bonds. The van der Waals surface area contributed by atoms with E-state index >= 15 is 0 Å². The minimum Gasteiger partial charge on any atom is -0.392 e. The topological polar surface area (TPSA) is 32.8 Å². The van der Waals surface area contributed by atoms with Crippen molar-refractivity contribution in [1.29, 1.82) is 0 Å². The van der Waals surface area contributed by atoms with Gasteiger partial charge in [0, 0.05) is 12.3 Å². The molecule has 1 saturated heterocycles. The van der Waals surface area contributed by atoms with Crippen molar-refractivity contribution in [2.45, 2.75) is 18.6 Å². The fourth-order valence-electron chi connectivity index (χ4n) is 0.571. The highest BCUT2D eigenvalue weighted by Crippen LogP contribution is 2.15. The van der Waals surface area contributed by atoms with Crippen LogP contribution in [0, 0.1) is 0 Å². The monoisotopic (exact) mass is 136 g/mol. The summed E-state index contributed by atoms with van der Waals surface area (Å²) in [5, 5.41) is 8.86. The first-order valence-corrected chi connectivity index (χ1v) is 3.22. The van der Waals surface area contributed by atoms with Gasteiger partial charge in [-0.2, -0.15) is 0 Å². The summed E-state index contributed by atoms with van der Waals surface area (Å²) in [5.41, 5.74) is 0. The molecule has 0 aromatic rings. The summed E-state index contributed by atoms with van der Waals surface area (Å²) in [6.07, 6.45) is 0.622. The summed E-state index contributed by atoms with van der Waals surface area (Å²) in [6, 6.07) is 0. The Morgan fingerprint density at radius 2 is 2.50 bits per heavy atom. The minimum atomic E-state index is -0.371. The molecule has 1 aliphatic rings. The maximum atomic E-state index is 8.86. The van der Waals surface area contributed by atoms with E-state index in [4.69, 9.17) is 21.4 Å². The number of halogens is 1. The molecule has 0 spiro atoms. The summed E-state index contributed by atoms with van der Waals surface area (Å²) in [5.74, 6) is 0.319. The average molecular weight is 137 g/mol. The Labute approximate surface area is 53.4 Å². The summed E-state index contributed by atoms with van der Waals surface area (Å²) in [6.45, 7) is 0.800. The molecular weight excluding hydrogens is 128 g/mol. The lowest BCUT2D eigenvalue weighted by Crippen LogP contribution is -2.10. The highest BCUT2D eigenvalue weighted by atomic mass is 35.5. The van der Waals surface area contributed by atoms with Gasteiger partial charge in [-0.05, 0) is 0 Å². The zero-order valence-corrected chi connectivity index (χ0v) is 5.27. The van der Waals surface area contributed by atoms with E-state index in [1.165, 1.54) is 0 Å². The van der Waals surface area contributed by atoms with Crippen molar-refractivity contribution in [1.82, 2.24) is 0 Å². The van der Waals surface area contributed by atoms with Crippen LogP contribution < -0.4 is 0 Å². The highest BCUT2D eigenvalue weighted by molar-refractivity contribution is 6.18. The molecule has 48 valence electrons. The number of rotatable bonds is 3. The van der Waals surface area contributed by atoms with Crippen LogP contribution in [0.5, 0.6) is 0 Å². The Balaban J connectivity index is 1.98. The maximum absolute atomic E-state index is 8.86. The van der Waals surface area contributed by atoms with Gasteiger partial charge in [-0.3, -0.25) is 0 Å². The van der Waals surface area contributed by atoms with E-state index in [1.54, 1.807) is 0 Å². The Bertz CT molecular complexity index is 72.8. The maximum Gasteiger partial charge on any atom is 0.0835 e. The molecule has 1 rings (SSSR count). The van der Waals surface area contributed by atoms with Crippen molar-refractivity contribution in [3.63, 3.8) is 0 Å². The van der Waals surface area contributed by atoms with Crippen LogP contribution in [0.15, 0.2) is 0 Å². The standard InChI is InChI=1S/C5H9ClO2/c6-2-4(7)1-5-3-8-5/h4-5,7H,1-3H2. The van der Waals surface area contributed by atoms with Gasteiger partial charge >= 0.3 is 0 Å². The summed E-state index contributed by atoms with van der Waals surface area (Å²) < 4.78 is 4.86. The molecular formula is C5H9ClO2. The fraction of sp³-hybridized carbons (Fsp3) is 1.00. The van der Waals surface area contributed by atoms with Gasteiger partial charge < -0.3 is 9.84 Å². The molecule has 2 unspecified atom stereocenters. The number of hydrogen-bond donors (Lipinski definition) is 1. The van der Waals surface area contributed by atoms with Crippen LogP contribution in [-0.2, 0) is 4.74 Å². The molecule has 2 atom stereocenters. The third-order valence-electron chi connectivity index (χ3n) is 1.12. The lowest BCUT2D eigenvalue weighted by atomic mass is 10.2. The van der Waals surface area contributed by atoms with Crippen molar-refractivity contribution in [2.75, 3.05) is 12.5 Å². The van der Waals surface area contributed by atoms with Gasteiger partial charge in [0.05, 0.1) is 18.8 Å². The third-order valence-corrected chi connectivity index (χ3v) is 1.47. The molecule has 2 nitrogen and oxygen atoms in total. The SMILES string of the molecule is OC(CCl)CC1CO1. The molecule has 0 radical (unpaired) electrons. The van der Waals surface area contributed by atoms with Crippen LogP contribution >= 0.6 is 11.6 Å². The van der Waals surface area contributed by atoms with E-state index in [0.717, 1.165) is 6.61 Å². The van der Waals surface area contributed by atoms with E-state index in [0.29, 0.717) is 18.4 Å². The largest absolute Gasteiger partial charge is 0.392 e. The average Bonchev–Trinajstić information content (AvgIpc) is 2.50. The van der Waals surface area contributed by atoms with Crippen molar-refractivity contribution in [2.24, 2.45) is 0 Å². The molecule has 1 heterocycles. The zero-order chi connectivity index (χ0) is 5.98. The van der Waals surface area contributed by atoms with Crippen molar-refractivity contribution >= 4 is 11.6 Å². The lowest BCUT2D eigenvalue weighted by Gasteiger charge is -2.00. The summed E-state index contributed by atoms with van der Waals surface area (Å²) >= 11 is 5.32. The second-order valence-corrected chi connectivity index (χ2v) is 2.31. The normalized spacial score (nSPS) is 30.0. The number of aliphatic hydroxyl groups is 1. The van der Waals surface area contributed by atoms with Gasteiger partial charge in [-0.25, -0.2) is 0 Å². The van der Waals surface area contributed by atoms with E-state index in [-0.39, 0.29) is 6.10 Å². The van der Waals surface area contributed by atoms with Crippen LogP contribution in [0.2, 0.25) is 0 Å². The van der Waals surface area contributed by atoms with Gasteiger partial charge in [-0.15, -0.1) is 11.6 Å². The van der Waals surface area contributed by atoms with Gasteiger partial charge in [0.15, 0.2) is 0 Å². The molecule has 1 aliphatic heterocycles. The quantitative estimate of drug-likeness (QED) is 0.449. The van der Waals surface area contributed by atoms with Gasteiger partial charge in [0.1, 0.15) is 0 Å². The van der Waals surface area contributed by atoms with E-state index in [1.807, 2.05) is 0 Å². The second kappa shape index (κ2) is 2.67. The van der Waals surface area contributed by atoms with Crippen molar-refractivity contribution < 1.29 is 9.84 Å². The fourth-order valence-corrected chi connectivity index (χ4v) is 0.697. The second-order valence-electron chi connectivity index (χ2n) is 2.00. The Morgan fingerprint density at radius 3 is 2.88 bits per heavy atom. The van der Waals surface area contributed by atoms with E-state index in [2.05, 4.69) is 0 Å². The van der Waals surface area contributed by atoms with Crippen LogP contribution in [0.4, 0.5) is 0 Å². The van der Waals surface area contributed by atoms with Gasteiger partial charge in [-0.1, -0.05) is 0 Å². The first-order chi connectivity index (χ1) is 3.83.